The number of aliphatic hydroxyl groups excluding tert-OH is 1. The van der Waals surface area contributed by atoms with E-state index in [0.29, 0.717) is 23.9 Å². The molecule has 0 radical (unpaired) electrons. The van der Waals surface area contributed by atoms with E-state index in [1.54, 1.807) is 24.5 Å². The second-order valence-electron chi connectivity index (χ2n) is 4.78. The highest BCUT2D eigenvalue weighted by Crippen LogP contribution is 2.28. The predicted molar refractivity (Wildman–Crippen MR) is 82.7 cm³/mol. The summed E-state index contributed by atoms with van der Waals surface area (Å²) in [6.45, 7) is 4.92. The summed E-state index contributed by atoms with van der Waals surface area (Å²) in [6.07, 6.45) is 0.865. The SMILES string of the molecule is CCOc1ccc(Cl)cc1C(C)NCC(O)c1ccco1. The average Bonchev–Trinajstić information content (AvgIpc) is 3.01. The lowest BCUT2D eigenvalue weighted by Crippen LogP contribution is -2.25. The zero-order valence-corrected chi connectivity index (χ0v) is 12.9. The minimum Gasteiger partial charge on any atom is -0.494 e. The topological polar surface area (TPSA) is 54.6 Å². The van der Waals surface area contributed by atoms with Crippen molar-refractivity contribution in [3.05, 3.63) is 52.9 Å². The third-order valence-corrected chi connectivity index (χ3v) is 3.46. The Morgan fingerprint density at radius 1 is 1.38 bits per heavy atom. The lowest BCUT2D eigenvalue weighted by molar-refractivity contribution is 0.144. The predicted octanol–water partition coefficient (Wildman–Crippen LogP) is 3.72. The molecule has 0 spiro atoms. The fourth-order valence-electron chi connectivity index (χ4n) is 2.12. The van der Waals surface area contributed by atoms with Crippen molar-refractivity contribution >= 4 is 11.6 Å². The van der Waals surface area contributed by atoms with Gasteiger partial charge in [0.05, 0.1) is 12.9 Å². The van der Waals surface area contributed by atoms with E-state index in [9.17, 15) is 5.11 Å². The van der Waals surface area contributed by atoms with Crippen molar-refractivity contribution in [2.75, 3.05) is 13.2 Å². The zero-order chi connectivity index (χ0) is 15.2. The first kappa shape index (κ1) is 15.9. The maximum atomic E-state index is 10.0. The summed E-state index contributed by atoms with van der Waals surface area (Å²) in [5, 5.41) is 13.9. The Morgan fingerprint density at radius 2 is 2.19 bits per heavy atom. The summed E-state index contributed by atoms with van der Waals surface area (Å²) in [4.78, 5) is 0. The molecule has 114 valence electrons. The van der Waals surface area contributed by atoms with Crippen LogP contribution in [0.3, 0.4) is 0 Å². The molecule has 0 bridgehead atoms. The first-order valence-electron chi connectivity index (χ1n) is 6.99. The molecular formula is C16H20ClNO3. The van der Waals surface area contributed by atoms with E-state index in [1.165, 1.54) is 0 Å². The smallest absolute Gasteiger partial charge is 0.133 e. The second kappa shape index (κ2) is 7.50. The van der Waals surface area contributed by atoms with Gasteiger partial charge in [-0.3, -0.25) is 0 Å². The van der Waals surface area contributed by atoms with Crippen LogP contribution in [0.2, 0.25) is 5.02 Å². The molecule has 1 aromatic heterocycles. The Kier molecular flexibility index (Phi) is 5.67. The van der Waals surface area contributed by atoms with Crippen molar-refractivity contribution in [3.8, 4) is 5.75 Å². The van der Waals surface area contributed by atoms with Crippen LogP contribution in [0.1, 0.15) is 37.3 Å². The second-order valence-corrected chi connectivity index (χ2v) is 5.21. The van der Waals surface area contributed by atoms with E-state index in [1.807, 2.05) is 26.0 Å². The van der Waals surface area contributed by atoms with Gasteiger partial charge in [0.15, 0.2) is 0 Å². The van der Waals surface area contributed by atoms with E-state index in [4.69, 9.17) is 20.8 Å². The van der Waals surface area contributed by atoms with Gasteiger partial charge in [0.25, 0.3) is 0 Å². The number of furan rings is 1. The highest BCUT2D eigenvalue weighted by molar-refractivity contribution is 6.30. The molecule has 4 nitrogen and oxygen atoms in total. The van der Waals surface area contributed by atoms with Gasteiger partial charge in [0, 0.05) is 23.2 Å². The van der Waals surface area contributed by atoms with Crippen LogP contribution < -0.4 is 10.1 Å². The van der Waals surface area contributed by atoms with E-state index in [0.717, 1.165) is 11.3 Å². The van der Waals surface area contributed by atoms with Crippen molar-refractivity contribution < 1.29 is 14.3 Å². The average molecular weight is 310 g/mol. The molecule has 0 saturated heterocycles. The molecule has 0 amide bonds. The highest BCUT2D eigenvalue weighted by Gasteiger charge is 2.15. The Hall–Kier alpha value is -1.49. The number of rotatable bonds is 7. The molecule has 2 aromatic rings. The standard InChI is InChI=1S/C16H20ClNO3/c1-3-20-15-7-6-12(17)9-13(15)11(2)18-10-14(19)16-5-4-8-21-16/h4-9,11,14,18-19H,3,10H2,1-2H3. The summed E-state index contributed by atoms with van der Waals surface area (Å²) < 4.78 is 10.8. The van der Waals surface area contributed by atoms with Gasteiger partial charge in [-0.2, -0.15) is 0 Å². The van der Waals surface area contributed by atoms with E-state index in [-0.39, 0.29) is 6.04 Å². The largest absolute Gasteiger partial charge is 0.494 e. The molecule has 5 heteroatoms. The van der Waals surface area contributed by atoms with Gasteiger partial charge >= 0.3 is 0 Å². The molecule has 2 unspecified atom stereocenters. The van der Waals surface area contributed by atoms with Crippen molar-refractivity contribution in [2.45, 2.75) is 26.0 Å². The highest BCUT2D eigenvalue weighted by atomic mass is 35.5. The van der Waals surface area contributed by atoms with Crippen LogP contribution in [0.25, 0.3) is 0 Å². The van der Waals surface area contributed by atoms with Crippen LogP contribution in [-0.4, -0.2) is 18.3 Å². The summed E-state index contributed by atoms with van der Waals surface area (Å²) >= 11 is 6.06. The Morgan fingerprint density at radius 3 is 2.86 bits per heavy atom. The molecule has 0 aliphatic rings. The van der Waals surface area contributed by atoms with Crippen LogP contribution in [0.4, 0.5) is 0 Å². The Balaban J connectivity index is 2.02. The van der Waals surface area contributed by atoms with Crippen LogP contribution in [0.15, 0.2) is 41.0 Å². The molecule has 0 fully saturated rings. The number of ether oxygens (including phenoxy) is 1. The molecule has 2 N–H and O–H groups in total. The van der Waals surface area contributed by atoms with Crippen molar-refractivity contribution in [2.24, 2.45) is 0 Å². The quantitative estimate of drug-likeness (QED) is 0.818. The van der Waals surface area contributed by atoms with Gasteiger partial charge in [0.2, 0.25) is 0 Å². The molecule has 1 aromatic carbocycles. The van der Waals surface area contributed by atoms with Crippen LogP contribution in [-0.2, 0) is 0 Å². The van der Waals surface area contributed by atoms with Crippen molar-refractivity contribution in [1.82, 2.24) is 5.32 Å². The van der Waals surface area contributed by atoms with Gasteiger partial charge in [-0.15, -0.1) is 0 Å². The summed E-state index contributed by atoms with van der Waals surface area (Å²) in [7, 11) is 0. The number of hydrogen-bond donors (Lipinski definition) is 2. The summed E-state index contributed by atoms with van der Waals surface area (Å²) in [5.74, 6) is 1.35. The van der Waals surface area contributed by atoms with Crippen molar-refractivity contribution in [1.29, 1.82) is 0 Å². The molecule has 2 atom stereocenters. The van der Waals surface area contributed by atoms with E-state index < -0.39 is 6.10 Å². The number of nitrogens with one attached hydrogen (secondary N) is 1. The fourth-order valence-corrected chi connectivity index (χ4v) is 2.31. The van der Waals surface area contributed by atoms with Gasteiger partial charge in [-0.05, 0) is 44.2 Å². The lowest BCUT2D eigenvalue weighted by atomic mass is 10.1. The van der Waals surface area contributed by atoms with Crippen molar-refractivity contribution in [3.63, 3.8) is 0 Å². The number of hydrogen-bond acceptors (Lipinski definition) is 4. The van der Waals surface area contributed by atoms with Gasteiger partial charge in [-0.1, -0.05) is 11.6 Å². The molecule has 2 rings (SSSR count). The summed E-state index contributed by atoms with van der Waals surface area (Å²) in [5.41, 5.74) is 0.969. The Labute approximate surface area is 129 Å². The Bertz CT molecular complexity index is 557. The van der Waals surface area contributed by atoms with E-state index >= 15 is 0 Å². The molecule has 1 heterocycles. The monoisotopic (exact) mass is 309 g/mol. The first-order valence-corrected chi connectivity index (χ1v) is 7.36. The molecule has 21 heavy (non-hydrogen) atoms. The minimum absolute atomic E-state index is 0.00476. The van der Waals surface area contributed by atoms with Gasteiger partial charge < -0.3 is 19.6 Å². The molecular weight excluding hydrogens is 290 g/mol. The molecule has 0 aliphatic carbocycles. The lowest BCUT2D eigenvalue weighted by Gasteiger charge is -2.19. The third kappa shape index (κ3) is 4.24. The summed E-state index contributed by atoms with van der Waals surface area (Å²) in [6, 6.07) is 9.05. The van der Waals surface area contributed by atoms with Crippen LogP contribution in [0, 0.1) is 0 Å². The van der Waals surface area contributed by atoms with Gasteiger partial charge in [-0.25, -0.2) is 0 Å². The maximum Gasteiger partial charge on any atom is 0.133 e. The molecule has 0 aliphatic heterocycles. The third-order valence-electron chi connectivity index (χ3n) is 3.23. The number of aliphatic hydroxyl groups is 1. The van der Waals surface area contributed by atoms with E-state index in [2.05, 4.69) is 5.32 Å². The van der Waals surface area contributed by atoms with Crippen LogP contribution >= 0.6 is 11.6 Å². The normalized spacial score (nSPS) is 13.9. The fraction of sp³-hybridized carbons (Fsp3) is 0.375. The number of halogens is 1. The first-order chi connectivity index (χ1) is 10.1. The van der Waals surface area contributed by atoms with Gasteiger partial charge in [0.1, 0.15) is 17.6 Å². The zero-order valence-electron chi connectivity index (χ0n) is 12.2. The minimum atomic E-state index is -0.683. The van der Waals surface area contributed by atoms with Crippen LogP contribution in [0.5, 0.6) is 5.75 Å². The number of benzene rings is 1. The molecule has 0 saturated carbocycles. The maximum absolute atomic E-state index is 10.0.